The maximum atomic E-state index is 5.90. The van der Waals surface area contributed by atoms with E-state index in [2.05, 4.69) is 4.98 Å². The Morgan fingerprint density at radius 1 is 1.40 bits per heavy atom. The smallest absolute Gasteiger partial charge is 0.119 e. The van der Waals surface area contributed by atoms with Gasteiger partial charge in [0, 0.05) is 17.8 Å². The third-order valence-corrected chi connectivity index (χ3v) is 4.17. The van der Waals surface area contributed by atoms with Gasteiger partial charge in [0.2, 0.25) is 0 Å². The number of aromatic nitrogens is 1. The fourth-order valence-corrected chi connectivity index (χ4v) is 2.76. The Morgan fingerprint density at radius 2 is 2.25 bits per heavy atom. The number of nitrogens with zero attached hydrogens (tertiary/aromatic N) is 1. The number of ether oxygens (including phenoxy) is 2. The van der Waals surface area contributed by atoms with E-state index in [0.29, 0.717) is 13.2 Å². The maximum absolute atomic E-state index is 5.90. The van der Waals surface area contributed by atoms with Gasteiger partial charge in [-0.2, -0.15) is 0 Å². The molecule has 0 aliphatic rings. The predicted octanol–water partition coefficient (Wildman–Crippen LogP) is 2.72. The fraction of sp³-hybridized carbons (Fsp3) is 0.400. The average Bonchev–Trinajstić information content (AvgIpc) is 2.89. The van der Waals surface area contributed by atoms with E-state index in [1.807, 2.05) is 36.7 Å². The van der Waals surface area contributed by atoms with E-state index in [0.717, 1.165) is 23.4 Å². The first-order chi connectivity index (χ1) is 9.74. The van der Waals surface area contributed by atoms with Gasteiger partial charge in [-0.05, 0) is 24.6 Å². The highest BCUT2D eigenvalue weighted by Crippen LogP contribution is 2.22. The van der Waals surface area contributed by atoms with Gasteiger partial charge in [-0.25, -0.2) is 4.98 Å². The monoisotopic (exact) mass is 292 g/mol. The average molecular weight is 292 g/mol. The molecule has 0 spiro atoms. The molecule has 1 aromatic heterocycles. The zero-order chi connectivity index (χ0) is 14.4. The first kappa shape index (κ1) is 15.0. The fourth-order valence-electron chi connectivity index (χ4n) is 2.00. The lowest BCUT2D eigenvalue weighted by atomic mass is 10.1. The zero-order valence-corrected chi connectivity index (χ0v) is 12.7. The Kier molecular flexibility index (Phi) is 5.52. The first-order valence-electron chi connectivity index (χ1n) is 6.59. The van der Waals surface area contributed by atoms with Crippen molar-refractivity contribution < 1.29 is 9.47 Å². The Bertz CT molecular complexity index is 542. The van der Waals surface area contributed by atoms with Crippen LogP contribution in [0.3, 0.4) is 0 Å². The van der Waals surface area contributed by atoms with Crippen molar-refractivity contribution in [1.29, 1.82) is 0 Å². The molecular formula is C15H20N2O2S. The number of hydrogen-bond acceptors (Lipinski definition) is 5. The van der Waals surface area contributed by atoms with Crippen molar-refractivity contribution in [3.8, 4) is 5.75 Å². The van der Waals surface area contributed by atoms with E-state index in [1.54, 1.807) is 18.4 Å². The normalized spacial score (nSPS) is 12.3. The van der Waals surface area contributed by atoms with E-state index >= 15 is 0 Å². The standard InChI is InChI=1S/C15H20N2O2S/c1-11-15(20-10-17-11)6-7-19-14(9-16)12-4-3-5-13(8-12)18-2/h3-5,8,10,14H,6-7,9,16H2,1-2H3. The number of nitrogens with two attached hydrogens (primary N) is 1. The molecule has 0 aliphatic heterocycles. The number of hydrogen-bond donors (Lipinski definition) is 1. The molecule has 4 nitrogen and oxygen atoms in total. The van der Waals surface area contributed by atoms with Gasteiger partial charge in [0.05, 0.1) is 31.0 Å². The van der Waals surface area contributed by atoms with Gasteiger partial charge >= 0.3 is 0 Å². The van der Waals surface area contributed by atoms with Crippen molar-refractivity contribution in [2.75, 3.05) is 20.3 Å². The lowest BCUT2D eigenvalue weighted by molar-refractivity contribution is 0.0610. The second-order valence-corrected chi connectivity index (χ2v) is 5.42. The van der Waals surface area contributed by atoms with Crippen LogP contribution in [0.1, 0.15) is 22.2 Å². The topological polar surface area (TPSA) is 57.4 Å². The molecule has 0 aliphatic carbocycles. The summed E-state index contributed by atoms with van der Waals surface area (Å²) in [6.45, 7) is 3.12. The molecule has 0 radical (unpaired) electrons. The van der Waals surface area contributed by atoms with Crippen LogP contribution in [-0.4, -0.2) is 25.2 Å². The highest BCUT2D eigenvalue weighted by atomic mass is 32.1. The summed E-state index contributed by atoms with van der Waals surface area (Å²) in [7, 11) is 1.66. The van der Waals surface area contributed by atoms with Crippen LogP contribution in [0.15, 0.2) is 29.8 Å². The molecule has 20 heavy (non-hydrogen) atoms. The molecule has 0 saturated heterocycles. The van der Waals surface area contributed by atoms with E-state index in [9.17, 15) is 0 Å². The van der Waals surface area contributed by atoms with Crippen molar-refractivity contribution in [1.82, 2.24) is 4.98 Å². The van der Waals surface area contributed by atoms with Crippen molar-refractivity contribution in [2.24, 2.45) is 5.73 Å². The zero-order valence-electron chi connectivity index (χ0n) is 11.8. The van der Waals surface area contributed by atoms with Gasteiger partial charge in [-0.3, -0.25) is 0 Å². The molecular weight excluding hydrogens is 272 g/mol. The summed E-state index contributed by atoms with van der Waals surface area (Å²) in [6.07, 6.45) is 0.773. The van der Waals surface area contributed by atoms with Gasteiger partial charge in [-0.15, -0.1) is 11.3 Å². The highest BCUT2D eigenvalue weighted by molar-refractivity contribution is 7.09. The van der Waals surface area contributed by atoms with E-state index in [-0.39, 0.29) is 6.10 Å². The summed E-state index contributed by atoms with van der Waals surface area (Å²) < 4.78 is 11.1. The van der Waals surface area contributed by atoms with Crippen LogP contribution in [-0.2, 0) is 11.2 Å². The van der Waals surface area contributed by atoms with E-state index in [4.69, 9.17) is 15.2 Å². The molecule has 1 unspecified atom stereocenters. The molecule has 2 rings (SSSR count). The van der Waals surface area contributed by atoms with E-state index in [1.165, 1.54) is 4.88 Å². The Morgan fingerprint density at radius 3 is 2.90 bits per heavy atom. The Hall–Kier alpha value is -1.43. The minimum absolute atomic E-state index is 0.0988. The second kappa shape index (κ2) is 7.38. The third kappa shape index (κ3) is 3.79. The summed E-state index contributed by atoms with van der Waals surface area (Å²) in [5, 5.41) is 0. The minimum atomic E-state index is -0.0988. The summed E-state index contributed by atoms with van der Waals surface area (Å²) in [5.74, 6) is 0.822. The largest absolute Gasteiger partial charge is 0.497 e. The molecule has 0 fully saturated rings. The van der Waals surface area contributed by atoms with E-state index < -0.39 is 0 Å². The summed E-state index contributed by atoms with van der Waals surface area (Å²) >= 11 is 1.67. The van der Waals surface area contributed by atoms with Crippen LogP contribution < -0.4 is 10.5 Å². The number of benzene rings is 1. The number of rotatable bonds is 7. The molecule has 1 aromatic carbocycles. The van der Waals surface area contributed by atoms with Gasteiger partial charge in [0.25, 0.3) is 0 Å². The van der Waals surface area contributed by atoms with Crippen molar-refractivity contribution >= 4 is 11.3 Å². The number of thiazole rings is 1. The SMILES string of the molecule is COc1cccc(C(CN)OCCc2scnc2C)c1. The lowest BCUT2D eigenvalue weighted by Gasteiger charge is -2.17. The molecule has 0 saturated carbocycles. The molecule has 108 valence electrons. The van der Waals surface area contributed by atoms with Crippen LogP contribution >= 0.6 is 11.3 Å². The molecule has 2 N–H and O–H groups in total. The van der Waals surface area contributed by atoms with Crippen LogP contribution in [0, 0.1) is 6.92 Å². The quantitative estimate of drug-likeness (QED) is 0.852. The summed E-state index contributed by atoms with van der Waals surface area (Å²) in [4.78, 5) is 5.51. The first-order valence-corrected chi connectivity index (χ1v) is 7.47. The van der Waals surface area contributed by atoms with Crippen LogP contribution in [0.25, 0.3) is 0 Å². The molecule has 5 heteroatoms. The Labute approximate surface area is 123 Å². The van der Waals surface area contributed by atoms with Crippen molar-refractivity contribution in [3.05, 3.63) is 45.9 Å². The molecule has 1 heterocycles. The van der Waals surface area contributed by atoms with Crippen molar-refractivity contribution in [2.45, 2.75) is 19.4 Å². The minimum Gasteiger partial charge on any atom is -0.497 e. The van der Waals surface area contributed by atoms with Crippen LogP contribution in [0.2, 0.25) is 0 Å². The predicted molar refractivity (Wildman–Crippen MR) is 81.3 cm³/mol. The number of methoxy groups -OCH3 is 1. The molecule has 1 atom stereocenters. The van der Waals surface area contributed by atoms with Crippen molar-refractivity contribution in [3.63, 3.8) is 0 Å². The summed E-state index contributed by atoms with van der Waals surface area (Å²) in [6, 6.07) is 7.85. The Balaban J connectivity index is 1.93. The highest BCUT2D eigenvalue weighted by Gasteiger charge is 2.11. The molecule has 0 bridgehead atoms. The lowest BCUT2D eigenvalue weighted by Crippen LogP contribution is -2.17. The summed E-state index contributed by atoms with van der Waals surface area (Å²) in [5.41, 5.74) is 9.81. The third-order valence-electron chi connectivity index (χ3n) is 3.17. The van der Waals surface area contributed by atoms with Gasteiger partial charge in [-0.1, -0.05) is 12.1 Å². The van der Waals surface area contributed by atoms with Crippen LogP contribution in [0.4, 0.5) is 0 Å². The number of aryl methyl sites for hydroxylation is 1. The van der Waals surface area contributed by atoms with Gasteiger partial charge in [0.1, 0.15) is 5.75 Å². The van der Waals surface area contributed by atoms with Gasteiger partial charge < -0.3 is 15.2 Å². The second-order valence-electron chi connectivity index (χ2n) is 4.48. The van der Waals surface area contributed by atoms with Crippen LogP contribution in [0.5, 0.6) is 5.75 Å². The van der Waals surface area contributed by atoms with Gasteiger partial charge in [0.15, 0.2) is 0 Å². The molecule has 2 aromatic rings. The molecule has 0 amide bonds. The maximum Gasteiger partial charge on any atom is 0.119 e.